The number of benzene rings is 2. The van der Waals surface area contributed by atoms with Gasteiger partial charge >= 0.3 is 0 Å². The van der Waals surface area contributed by atoms with E-state index >= 15 is 0 Å². The fraction of sp³-hybridized carbons (Fsp3) is 0.360. The maximum Gasteiger partial charge on any atom is 0.249 e. The number of carbonyl (C=O) groups is 1. The van der Waals surface area contributed by atoms with Gasteiger partial charge in [0.2, 0.25) is 5.91 Å². The van der Waals surface area contributed by atoms with Gasteiger partial charge in [-0.05, 0) is 72.9 Å². The summed E-state index contributed by atoms with van der Waals surface area (Å²) in [6.45, 7) is 3.01. The average Bonchev–Trinajstić information content (AvgIpc) is 3.29. The van der Waals surface area contributed by atoms with Crippen molar-refractivity contribution in [3.63, 3.8) is 0 Å². The second kappa shape index (κ2) is 6.25. The molecule has 3 fully saturated rings. The number of rotatable bonds is 4. The number of hydrogen-bond donors (Lipinski definition) is 0. The maximum atomic E-state index is 13.7. The zero-order chi connectivity index (χ0) is 21.4. The fourth-order valence-corrected chi connectivity index (χ4v) is 6.11. The van der Waals surface area contributed by atoms with Gasteiger partial charge in [0.25, 0.3) is 0 Å². The molecule has 2 bridgehead atoms. The van der Waals surface area contributed by atoms with Gasteiger partial charge < -0.3 is 4.57 Å². The van der Waals surface area contributed by atoms with Gasteiger partial charge in [-0.1, -0.05) is 11.6 Å². The third kappa shape index (κ3) is 2.77. The van der Waals surface area contributed by atoms with Crippen LogP contribution in [0.1, 0.15) is 42.9 Å². The summed E-state index contributed by atoms with van der Waals surface area (Å²) in [6.07, 6.45) is 6.82. The van der Waals surface area contributed by atoms with E-state index in [1.807, 2.05) is 0 Å². The van der Waals surface area contributed by atoms with E-state index in [0.29, 0.717) is 12.0 Å². The molecular formula is C25H23F2N3O. The molecule has 31 heavy (non-hydrogen) atoms. The number of amides is 1. The molecule has 1 atom stereocenters. The summed E-state index contributed by atoms with van der Waals surface area (Å²) in [5, 5.41) is 6.99. The van der Waals surface area contributed by atoms with Crippen molar-refractivity contribution in [2.75, 3.05) is 0 Å². The van der Waals surface area contributed by atoms with Crippen molar-refractivity contribution in [1.82, 2.24) is 9.58 Å². The molecule has 0 N–H and O–H groups in total. The fourth-order valence-electron chi connectivity index (χ4n) is 6.11. The Kier molecular flexibility index (Phi) is 3.78. The topological polar surface area (TPSA) is 37.6 Å². The lowest BCUT2D eigenvalue weighted by Gasteiger charge is -2.70. The van der Waals surface area contributed by atoms with Crippen molar-refractivity contribution in [1.29, 1.82) is 0 Å². The quantitative estimate of drug-likeness (QED) is 0.561. The Morgan fingerprint density at radius 2 is 1.84 bits per heavy atom. The average molecular weight is 419 g/mol. The van der Waals surface area contributed by atoms with Crippen LogP contribution in [0.5, 0.6) is 0 Å². The van der Waals surface area contributed by atoms with E-state index < -0.39 is 17.7 Å². The van der Waals surface area contributed by atoms with Crippen LogP contribution in [0.4, 0.5) is 8.78 Å². The van der Waals surface area contributed by atoms with Crippen molar-refractivity contribution in [3.05, 3.63) is 71.4 Å². The number of nitrogens with zero attached hydrogens (tertiary/aromatic N) is 3. The smallest absolute Gasteiger partial charge is 0.249 e. The Bertz CT molecular complexity index is 1220. The van der Waals surface area contributed by atoms with E-state index in [1.165, 1.54) is 33.6 Å². The van der Waals surface area contributed by atoms with Crippen molar-refractivity contribution >= 4 is 23.0 Å². The van der Waals surface area contributed by atoms with E-state index in [9.17, 15) is 13.6 Å². The summed E-state index contributed by atoms with van der Waals surface area (Å²) in [5.41, 5.74) is 2.73. The van der Waals surface area contributed by atoms with Crippen LogP contribution in [0, 0.1) is 29.4 Å². The van der Waals surface area contributed by atoms with Crippen LogP contribution in [0.25, 0.3) is 10.9 Å². The number of halogens is 2. The number of aromatic nitrogens is 1. The summed E-state index contributed by atoms with van der Waals surface area (Å²) in [4.78, 5) is 13.4. The van der Waals surface area contributed by atoms with Gasteiger partial charge in [-0.15, -0.1) is 0 Å². The zero-order valence-electron chi connectivity index (χ0n) is 17.3. The van der Waals surface area contributed by atoms with E-state index in [1.54, 1.807) is 6.21 Å². The summed E-state index contributed by atoms with van der Waals surface area (Å²) in [7, 11) is 0. The highest BCUT2D eigenvalue weighted by Crippen LogP contribution is 2.74. The lowest BCUT2D eigenvalue weighted by Crippen LogP contribution is -2.68. The Hall–Kier alpha value is -3.02. The van der Waals surface area contributed by atoms with Crippen molar-refractivity contribution in [3.8, 4) is 0 Å². The first-order valence-corrected chi connectivity index (χ1v) is 10.7. The molecule has 1 unspecified atom stereocenters. The molecule has 1 aliphatic heterocycles. The monoisotopic (exact) mass is 419 g/mol. The predicted molar refractivity (Wildman–Crippen MR) is 114 cm³/mol. The summed E-state index contributed by atoms with van der Waals surface area (Å²) in [5.74, 6) is -1.27. The number of hydrogen-bond acceptors (Lipinski definition) is 2. The van der Waals surface area contributed by atoms with Crippen molar-refractivity contribution in [2.24, 2.45) is 15.9 Å². The SMILES string of the molecule is Cc1ccc2c(ccn2CC23CC(C(=O)N4N=CCC4c4cc(F)cc(F)c4)(C2)C3)c1. The minimum atomic E-state index is -0.632. The van der Waals surface area contributed by atoms with E-state index in [4.69, 9.17) is 0 Å². The van der Waals surface area contributed by atoms with Crippen LogP contribution in [0.15, 0.2) is 53.8 Å². The van der Waals surface area contributed by atoms with Crippen LogP contribution in [-0.4, -0.2) is 21.7 Å². The second-order valence-corrected chi connectivity index (χ2v) is 9.72. The number of hydrazone groups is 1. The molecule has 0 saturated heterocycles. The molecule has 4 aliphatic rings. The van der Waals surface area contributed by atoms with Crippen molar-refractivity contribution in [2.45, 2.75) is 45.2 Å². The first-order valence-electron chi connectivity index (χ1n) is 10.7. The molecular weight excluding hydrogens is 396 g/mol. The van der Waals surface area contributed by atoms with Crippen LogP contribution in [-0.2, 0) is 11.3 Å². The highest BCUT2D eigenvalue weighted by atomic mass is 19.1. The molecule has 6 heteroatoms. The van der Waals surface area contributed by atoms with Gasteiger partial charge in [0.05, 0.1) is 11.5 Å². The molecule has 7 rings (SSSR count). The number of carbonyl (C=O) groups excluding carboxylic acids is 1. The Morgan fingerprint density at radius 1 is 1.10 bits per heavy atom. The number of aryl methyl sites for hydroxylation is 1. The second-order valence-electron chi connectivity index (χ2n) is 9.72. The Balaban J connectivity index is 1.18. The molecule has 158 valence electrons. The molecule has 2 heterocycles. The van der Waals surface area contributed by atoms with Crippen LogP contribution in [0.2, 0.25) is 0 Å². The third-order valence-corrected chi connectivity index (χ3v) is 7.33. The zero-order valence-corrected chi connectivity index (χ0v) is 17.3. The molecule has 3 aliphatic carbocycles. The molecule has 2 aromatic carbocycles. The van der Waals surface area contributed by atoms with E-state index in [-0.39, 0.29) is 16.7 Å². The maximum absolute atomic E-state index is 13.7. The molecule has 3 saturated carbocycles. The van der Waals surface area contributed by atoms with Gasteiger partial charge in [0, 0.05) is 37.0 Å². The first-order chi connectivity index (χ1) is 14.9. The molecule has 1 amide bonds. The largest absolute Gasteiger partial charge is 0.347 e. The molecule has 0 spiro atoms. The first kappa shape index (κ1) is 18.7. The van der Waals surface area contributed by atoms with Gasteiger partial charge in [0.1, 0.15) is 11.6 Å². The summed E-state index contributed by atoms with van der Waals surface area (Å²) >= 11 is 0. The van der Waals surface area contributed by atoms with Crippen LogP contribution >= 0.6 is 0 Å². The van der Waals surface area contributed by atoms with E-state index in [2.05, 4.69) is 47.1 Å². The normalized spacial score (nSPS) is 28.6. The molecule has 4 nitrogen and oxygen atoms in total. The van der Waals surface area contributed by atoms with Gasteiger partial charge in [-0.25, -0.2) is 13.8 Å². The Labute approximate surface area is 179 Å². The molecule has 1 aromatic heterocycles. The third-order valence-electron chi connectivity index (χ3n) is 7.33. The summed E-state index contributed by atoms with van der Waals surface area (Å²) in [6, 6.07) is 11.7. The molecule has 0 radical (unpaired) electrons. The minimum Gasteiger partial charge on any atom is -0.347 e. The predicted octanol–water partition coefficient (Wildman–Crippen LogP) is 5.36. The lowest BCUT2D eigenvalue weighted by atomic mass is 9.34. The lowest BCUT2D eigenvalue weighted by molar-refractivity contribution is -0.222. The van der Waals surface area contributed by atoms with Gasteiger partial charge in [0.15, 0.2) is 0 Å². The highest BCUT2D eigenvalue weighted by Gasteiger charge is 2.72. The van der Waals surface area contributed by atoms with E-state index in [0.717, 1.165) is 31.9 Å². The standard InChI is InChI=1S/C25H23F2N3O/c1-16-2-3-21-17(8-16)5-7-29(21)15-24-12-25(13-24,14-24)23(31)30-22(4-6-28-30)18-9-19(26)11-20(27)10-18/h2-3,5-11,22H,4,12-15H2,1H3. The molecule has 3 aromatic rings. The van der Waals surface area contributed by atoms with Crippen LogP contribution in [0.3, 0.4) is 0 Å². The highest BCUT2D eigenvalue weighted by molar-refractivity contribution is 5.88. The van der Waals surface area contributed by atoms with Gasteiger partial charge in [-0.3, -0.25) is 4.79 Å². The van der Waals surface area contributed by atoms with Crippen molar-refractivity contribution < 1.29 is 13.6 Å². The minimum absolute atomic E-state index is 0.00853. The Morgan fingerprint density at radius 3 is 2.58 bits per heavy atom. The number of fused-ring (bicyclic) bond motifs is 1. The van der Waals surface area contributed by atoms with Crippen LogP contribution < -0.4 is 0 Å². The summed E-state index contributed by atoms with van der Waals surface area (Å²) < 4.78 is 29.7. The van der Waals surface area contributed by atoms with Gasteiger partial charge in [-0.2, -0.15) is 5.10 Å².